The number of hydrogen-bond acceptors (Lipinski definition) is 7. The molecule has 10 heteroatoms. The molecule has 4 aromatic rings. The van der Waals surface area contributed by atoms with Gasteiger partial charge in [-0.3, -0.25) is 9.78 Å². The van der Waals surface area contributed by atoms with Crippen molar-refractivity contribution in [3.8, 4) is 22.1 Å². The van der Waals surface area contributed by atoms with E-state index in [1.165, 1.54) is 28.2 Å². The van der Waals surface area contributed by atoms with E-state index < -0.39 is 5.91 Å². The molecule has 136 valence electrons. The van der Waals surface area contributed by atoms with Crippen LogP contribution in [0.25, 0.3) is 26.6 Å². The number of hydrogen-bond donors (Lipinski definition) is 3. The van der Waals surface area contributed by atoms with Crippen LogP contribution in [0.3, 0.4) is 0 Å². The molecule has 0 radical (unpaired) electrons. The number of nitrogens with zero attached hydrogens (tertiary/aromatic N) is 4. The Kier molecular flexibility index (Phi) is 3.97. The lowest BCUT2D eigenvalue weighted by molar-refractivity contribution is 0.100. The maximum absolute atomic E-state index is 12.1. The second-order valence-corrected chi connectivity index (χ2v) is 7.23. The summed E-state index contributed by atoms with van der Waals surface area (Å²) >= 11 is 7.63. The van der Waals surface area contributed by atoms with Crippen molar-refractivity contribution in [2.75, 3.05) is 5.73 Å². The van der Waals surface area contributed by atoms with E-state index in [2.05, 4.69) is 15.1 Å². The molecular weight excluding hydrogens is 388 g/mol. The number of fused-ring (bicyclic) bond motifs is 1. The summed E-state index contributed by atoms with van der Waals surface area (Å²) in [4.78, 5) is 20.6. The molecule has 4 rings (SSSR count). The Morgan fingerprint density at radius 1 is 1.33 bits per heavy atom. The number of halogens is 1. The van der Waals surface area contributed by atoms with Gasteiger partial charge < -0.3 is 16.6 Å². The predicted molar refractivity (Wildman–Crippen MR) is 104 cm³/mol. The summed E-state index contributed by atoms with van der Waals surface area (Å²) < 4.78 is 2.19. The fourth-order valence-corrected chi connectivity index (χ4v) is 4.00. The number of amides is 1. The number of nitrogens with two attached hydrogens (primary N) is 2. The quantitative estimate of drug-likeness (QED) is 0.484. The van der Waals surface area contributed by atoms with Gasteiger partial charge in [-0.25, -0.2) is 9.67 Å². The van der Waals surface area contributed by atoms with Gasteiger partial charge in [0.15, 0.2) is 0 Å². The van der Waals surface area contributed by atoms with Crippen LogP contribution in [0.4, 0.5) is 5.82 Å². The Bertz CT molecular complexity index is 1180. The molecule has 27 heavy (non-hydrogen) atoms. The normalized spacial score (nSPS) is 11.2. The molecule has 8 nitrogen and oxygen atoms in total. The fourth-order valence-electron chi connectivity index (χ4n) is 2.79. The van der Waals surface area contributed by atoms with E-state index in [4.69, 9.17) is 23.1 Å². The molecule has 3 aromatic heterocycles. The highest BCUT2D eigenvalue weighted by molar-refractivity contribution is 7.21. The molecule has 0 saturated carbocycles. The third kappa shape index (κ3) is 2.68. The molecule has 0 unspecified atom stereocenters. The Morgan fingerprint density at radius 3 is 2.81 bits per heavy atom. The lowest BCUT2D eigenvalue weighted by Gasteiger charge is -2.11. The van der Waals surface area contributed by atoms with Crippen molar-refractivity contribution in [2.24, 2.45) is 5.73 Å². The molecule has 0 aliphatic carbocycles. The number of carbonyl (C=O) groups excluding carboxylic acids is 1. The minimum absolute atomic E-state index is 0.0190. The monoisotopic (exact) mass is 400 g/mol. The van der Waals surface area contributed by atoms with Crippen LogP contribution >= 0.6 is 22.9 Å². The Morgan fingerprint density at radius 2 is 2.11 bits per heavy atom. The van der Waals surface area contributed by atoms with Crippen LogP contribution in [0.2, 0.25) is 5.02 Å². The number of carbonyl (C=O) groups is 1. The van der Waals surface area contributed by atoms with Crippen LogP contribution in [0.15, 0.2) is 30.6 Å². The largest absolute Gasteiger partial charge is 0.508 e. The van der Waals surface area contributed by atoms with E-state index in [-0.39, 0.29) is 22.8 Å². The molecule has 0 spiro atoms. The first-order valence-corrected chi connectivity index (χ1v) is 8.95. The molecule has 1 amide bonds. The summed E-state index contributed by atoms with van der Waals surface area (Å²) in [7, 11) is 0. The number of aromatic nitrogens is 4. The van der Waals surface area contributed by atoms with Crippen molar-refractivity contribution in [1.82, 2.24) is 19.7 Å². The van der Waals surface area contributed by atoms with Gasteiger partial charge in [0.05, 0.1) is 21.6 Å². The Hall–Kier alpha value is -3.17. The molecule has 0 fully saturated rings. The van der Waals surface area contributed by atoms with Crippen molar-refractivity contribution in [1.29, 1.82) is 0 Å². The van der Waals surface area contributed by atoms with Gasteiger partial charge in [0.1, 0.15) is 33.3 Å². The van der Waals surface area contributed by atoms with Crippen molar-refractivity contribution in [3.05, 3.63) is 46.7 Å². The predicted octanol–water partition coefficient (Wildman–Crippen LogP) is 2.89. The van der Waals surface area contributed by atoms with Gasteiger partial charge in [-0.15, -0.1) is 11.3 Å². The number of rotatable bonds is 3. The molecule has 0 aliphatic heterocycles. The summed E-state index contributed by atoms with van der Waals surface area (Å²) in [5.41, 5.74) is 13.5. The molecule has 0 aliphatic rings. The van der Waals surface area contributed by atoms with Crippen LogP contribution in [-0.2, 0) is 0 Å². The number of primary amides is 1. The van der Waals surface area contributed by atoms with E-state index >= 15 is 0 Å². The van der Waals surface area contributed by atoms with E-state index in [0.29, 0.717) is 26.8 Å². The number of pyridine rings is 1. The third-order valence-electron chi connectivity index (χ3n) is 4.12. The van der Waals surface area contributed by atoms with E-state index in [1.807, 2.05) is 6.07 Å². The summed E-state index contributed by atoms with van der Waals surface area (Å²) in [6, 6.07) is 4.81. The summed E-state index contributed by atoms with van der Waals surface area (Å²) in [5.74, 6) is -0.692. The number of nitrogen functional groups attached to an aromatic ring is 1. The van der Waals surface area contributed by atoms with Crippen molar-refractivity contribution in [2.45, 2.75) is 6.92 Å². The zero-order valence-electron chi connectivity index (χ0n) is 14.0. The molecule has 1 aromatic carbocycles. The fraction of sp³-hybridized carbons (Fsp3) is 0.0588. The minimum Gasteiger partial charge on any atom is -0.508 e. The molecule has 3 heterocycles. The first-order chi connectivity index (χ1) is 12.9. The number of phenols is 1. The number of phenolic OH excluding ortho intramolecular Hbond substituents is 1. The second-order valence-electron chi connectivity index (χ2n) is 5.79. The topological polar surface area (TPSA) is 133 Å². The lowest BCUT2D eigenvalue weighted by atomic mass is 10.1. The van der Waals surface area contributed by atoms with Crippen LogP contribution < -0.4 is 11.5 Å². The van der Waals surface area contributed by atoms with Gasteiger partial charge >= 0.3 is 0 Å². The van der Waals surface area contributed by atoms with Gasteiger partial charge in [0.25, 0.3) is 5.91 Å². The summed E-state index contributed by atoms with van der Waals surface area (Å²) in [6.45, 7) is 1.67. The highest BCUT2D eigenvalue weighted by atomic mass is 35.5. The van der Waals surface area contributed by atoms with Gasteiger partial charge in [0, 0.05) is 11.8 Å². The van der Waals surface area contributed by atoms with Gasteiger partial charge in [-0.1, -0.05) is 11.6 Å². The summed E-state index contributed by atoms with van der Waals surface area (Å²) in [5, 5.41) is 15.3. The van der Waals surface area contributed by atoms with Crippen LogP contribution in [-0.4, -0.2) is 30.8 Å². The smallest absolute Gasteiger partial charge is 0.254 e. The van der Waals surface area contributed by atoms with E-state index in [1.54, 1.807) is 19.3 Å². The number of benzene rings is 1. The highest BCUT2D eigenvalue weighted by Crippen LogP contribution is 2.37. The number of thiazole rings is 1. The molecule has 0 atom stereocenters. The zero-order valence-corrected chi connectivity index (χ0v) is 15.5. The first-order valence-electron chi connectivity index (χ1n) is 7.76. The maximum atomic E-state index is 12.1. The SMILES string of the molecule is Cc1c(O)ccc(Cl)c1-n1nc(-c2nc3cnccc3s2)c(C(N)=O)c1N. The average molecular weight is 401 g/mol. The van der Waals surface area contributed by atoms with Crippen molar-refractivity contribution in [3.63, 3.8) is 0 Å². The second kappa shape index (κ2) is 6.22. The van der Waals surface area contributed by atoms with Gasteiger partial charge in [0.2, 0.25) is 0 Å². The van der Waals surface area contributed by atoms with Crippen LogP contribution in [0.5, 0.6) is 5.75 Å². The minimum atomic E-state index is -0.736. The first kappa shape index (κ1) is 17.3. The standard InChI is InChI=1S/C17H13ClN6O2S/c1-7-10(25)3-2-8(18)14(7)24-15(19)12(16(20)26)13(23-24)17-22-9-6-21-5-4-11(9)27-17/h2-6,25H,19H2,1H3,(H2,20,26). The molecular formula is C17H13ClN6O2S. The maximum Gasteiger partial charge on any atom is 0.254 e. The lowest BCUT2D eigenvalue weighted by Crippen LogP contribution is -2.14. The Balaban J connectivity index is 2.01. The molecule has 5 N–H and O–H groups in total. The number of aromatic hydroxyl groups is 1. The number of anilines is 1. The van der Waals surface area contributed by atoms with E-state index in [9.17, 15) is 9.90 Å². The zero-order chi connectivity index (χ0) is 19.3. The van der Waals surface area contributed by atoms with Crippen LogP contribution in [0, 0.1) is 6.92 Å². The molecule has 0 bridgehead atoms. The van der Waals surface area contributed by atoms with Gasteiger partial charge in [-0.2, -0.15) is 5.10 Å². The van der Waals surface area contributed by atoms with Crippen molar-refractivity contribution >= 4 is 44.9 Å². The third-order valence-corrected chi connectivity index (χ3v) is 5.47. The van der Waals surface area contributed by atoms with Crippen molar-refractivity contribution < 1.29 is 9.90 Å². The van der Waals surface area contributed by atoms with Gasteiger partial charge in [-0.05, 0) is 25.1 Å². The summed E-state index contributed by atoms with van der Waals surface area (Å²) in [6.07, 6.45) is 3.28. The molecule has 0 saturated heterocycles. The Labute approximate surface area is 162 Å². The van der Waals surface area contributed by atoms with E-state index in [0.717, 1.165) is 4.70 Å². The highest BCUT2D eigenvalue weighted by Gasteiger charge is 2.26. The van der Waals surface area contributed by atoms with Crippen LogP contribution in [0.1, 0.15) is 15.9 Å². The average Bonchev–Trinajstić information content (AvgIpc) is 3.20.